The molecule has 0 aliphatic heterocycles. The first kappa shape index (κ1) is 21.5. The zero-order valence-corrected chi connectivity index (χ0v) is 15.6. The third-order valence-corrected chi connectivity index (χ3v) is 4.28. The Kier molecular flexibility index (Phi) is 20.1. The molecule has 0 N–H and O–H groups in total. The van der Waals surface area contributed by atoms with Crippen molar-refractivity contribution in [1.29, 1.82) is 0 Å². The lowest BCUT2D eigenvalue weighted by Gasteiger charge is -2.02. The van der Waals surface area contributed by atoms with Gasteiger partial charge in [-0.1, -0.05) is 97.3 Å². The Labute approximate surface area is 140 Å². The van der Waals surface area contributed by atoms with E-state index in [9.17, 15) is 0 Å². The molecule has 0 saturated heterocycles. The van der Waals surface area contributed by atoms with Gasteiger partial charge in [0, 0.05) is 0 Å². The third-order valence-electron chi connectivity index (χ3n) is 4.28. The first-order valence-electron chi connectivity index (χ1n) is 10.2. The maximum Gasteiger partial charge on any atom is 0.0873 e. The van der Waals surface area contributed by atoms with E-state index >= 15 is 0 Å². The van der Waals surface area contributed by atoms with E-state index in [2.05, 4.69) is 19.9 Å². The van der Waals surface area contributed by atoms with Crippen LogP contribution in [-0.4, -0.2) is 6.61 Å². The molecule has 0 amide bonds. The van der Waals surface area contributed by atoms with E-state index in [1.807, 2.05) is 6.26 Å². The summed E-state index contributed by atoms with van der Waals surface area (Å²) < 4.78 is 5.54. The third kappa shape index (κ3) is 19.5. The van der Waals surface area contributed by atoms with E-state index in [1.165, 1.54) is 103 Å². The Morgan fingerprint density at radius 3 is 1.55 bits per heavy atom. The quantitative estimate of drug-likeness (QED) is 0.185. The topological polar surface area (TPSA) is 9.23 Å². The van der Waals surface area contributed by atoms with E-state index in [1.54, 1.807) is 0 Å². The number of hydrogen-bond donors (Lipinski definition) is 0. The number of allylic oxidation sites excluding steroid dienone is 1. The van der Waals surface area contributed by atoms with Crippen molar-refractivity contribution in [2.75, 3.05) is 6.61 Å². The van der Waals surface area contributed by atoms with Gasteiger partial charge in [-0.25, -0.2) is 0 Å². The van der Waals surface area contributed by atoms with Crippen LogP contribution in [0.15, 0.2) is 12.3 Å². The van der Waals surface area contributed by atoms with Gasteiger partial charge in [-0.3, -0.25) is 0 Å². The molecule has 0 unspecified atom stereocenters. The summed E-state index contributed by atoms with van der Waals surface area (Å²) in [6.07, 6.45) is 26.0. The summed E-state index contributed by atoms with van der Waals surface area (Å²) in [6, 6.07) is 0. The Morgan fingerprint density at radius 1 is 0.545 bits per heavy atom. The van der Waals surface area contributed by atoms with Gasteiger partial charge in [0.15, 0.2) is 0 Å². The minimum atomic E-state index is 0.903. The second-order valence-corrected chi connectivity index (χ2v) is 6.63. The minimum absolute atomic E-state index is 0.903. The van der Waals surface area contributed by atoms with Crippen LogP contribution >= 0.6 is 0 Å². The van der Waals surface area contributed by atoms with Gasteiger partial charge in [0.25, 0.3) is 0 Å². The van der Waals surface area contributed by atoms with Gasteiger partial charge in [-0.05, 0) is 25.3 Å². The smallest absolute Gasteiger partial charge is 0.0873 e. The van der Waals surface area contributed by atoms with Gasteiger partial charge >= 0.3 is 0 Å². The monoisotopic (exact) mass is 310 g/mol. The van der Waals surface area contributed by atoms with Crippen LogP contribution < -0.4 is 0 Å². The summed E-state index contributed by atoms with van der Waals surface area (Å²) in [5, 5.41) is 0. The molecule has 0 radical (unpaired) electrons. The Bertz CT molecular complexity index is 210. The Hall–Kier alpha value is -0.460. The summed E-state index contributed by atoms with van der Waals surface area (Å²) >= 11 is 0. The van der Waals surface area contributed by atoms with Crippen molar-refractivity contribution in [2.45, 2.75) is 117 Å². The summed E-state index contributed by atoms with van der Waals surface area (Å²) in [5.74, 6) is 0. The average Bonchev–Trinajstić information content (AvgIpc) is 2.54. The fourth-order valence-corrected chi connectivity index (χ4v) is 2.74. The summed E-state index contributed by atoms with van der Waals surface area (Å²) in [4.78, 5) is 0. The molecule has 1 nitrogen and oxygen atoms in total. The van der Waals surface area contributed by atoms with Crippen LogP contribution in [-0.2, 0) is 4.74 Å². The molecule has 0 aliphatic rings. The molecule has 0 saturated carbocycles. The predicted molar refractivity (Wildman–Crippen MR) is 100 cm³/mol. The second kappa shape index (κ2) is 20.5. The normalized spacial score (nSPS) is 11.4. The Balaban J connectivity index is 3.02. The number of unbranched alkanes of at least 4 members (excludes halogenated alkanes) is 14. The predicted octanol–water partition coefficient (Wildman–Crippen LogP) is 7.80. The van der Waals surface area contributed by atoms with Crippen molar-refractivity contribution in [3.05, 3.63) is 12.3 Å². The summed E-state index contributed by atoms with van der Waals surface area (Å²) in [5.41, 5.74) is 0. The maximum absolute atomic E-state index is 5.54. The molecular weight excluding hydrogens is 268 g/mol. The molecular formula is C21H42O. The van der Waals surface area contributed by atoms with Crippen molar-refractivity contribution in [3.63, 3.8) is 0 Å². The van der Waals surface area contributed by atoms with Crippen LogP contribution in [0.4, 0.5) is 0 Å². The number of rotatable bonds is 18. The highest BCUT2D eigenvalue weighted by atomic mass is 16.5. The zero-order chi connectivity index (χ0) is 16.1. The van der Waals surface area contributed by atoms with Crippen molar-refractivity contribution in [2.24, 2.45) is 0 Å². The lowest BCUT2D eigenvalue weighted by molar-refractivity contribution is 0.239. The highest BCUT2D eigenvalue weighted by molar-refractivity contribution is 4.73. The van der Waals surface area contributed by atoms with Crippen LogP contribution in [0.25, 0.3) is 0 Å². The summed E-state index contributed by atoms with van der Waals surface area (Å²) in [6.45, 7) is 5.45. The van der Waals surface area contributed by atoms with E-state index in [-0.39, 0.29) is 0 Å². The van der Waals surface area contributed by atoms with E-state index in [4.69, 9.17) is 4.74 Å². The molecule has 0 aromatic heterocycles. The van der Waals surface area contributed by atoms with Gasteiger partial charge < -0.3 is 4.74 Å². The molecule has 0 spiro atoms. The fourth-order valence-electron chi connectivity index (χ4n) is 2.74. The lowest BCUT2D eigenvalue weighted by Crippen LogP contribution is -1.88. The highest BCUT2D eigenvalue weighted by Gasteiger charge is 1.92. The van der Waals surface area contributed by atoms with E-state index < -0.39 is 0 Å². The molecule has 0 aliphatic carbocycles. The fraction of sp³-hybridized carbons (Fsp3) is 0.905. The molecule has 0 bridgehead atoms. The second-order valence-electron chi connectivity index (χ2n) is 6.63. The van der Waals surface area contributed by atoms with Gasteiger partial charge in [-0.15, -0.1) is 0 Å². The molecule has 132 valence electrons. The minimum Gasteiger partial charge on any atom is -0.502 e. The molecule has 0 fully saturated rings. The zero-order valence-electron chi connectivity index (χ0n) is 15.6. The molecule has 0 atom stereocenters. The largest absolute Gasteiger partial charge is 0.502 e. The Morgan fingerprint density at radius 2 is 1.00 bits per heavy atom. The van der Waals surface area contributed by atoms with Crippen LogP contribution in [0.5, 0.6) is 0 Å². The summed E-state index contributed by atoms with van der Waals surface area (Å²) in [7, 11) is 0. The molecule has 1 heteroatoms. The molecule has 0 aromatic rings. The van der Waals surface area contributed by atoms with Crippen molar-refractivity contribution < 1.29 is 4.74 Å². The van der Waals surface area contributed by atoms with Crippen LogP contribution in [0, 0.1) is 0 Å². The van der Waals surface area contributed by atoms with Crippen molar-refractivity contribution in [3.8, 4) is 0 Å². The van der Waals surface area contributed by atoms with Crippen LogP contribution in [0.1, 0.15) is 117 Å². The van der Waals surface area contributed by atoms with E-state index in [0.29, 0.717) is 0 Å². The highest BCUT2D eigenvalue weighted by Crippen LogP contribution is 2.10. The van der Waals surface area contributed by atoms with Gasteiger partial charge in [0.2, 0.25) is 0 Å². The van der Waals surface area contributed by atoms with Crippen molar-refractivity contribution >= 4 is 0 Å². The van der Waals surface area contributed by atoms with Crippen LogP contribution in [0.3, 0.4) is 0 Å². The van der Waals surface area contributed by atoms with Gasteiger partial charge in [-0.2, -0.15) is 0 Å². The van der Waals surface area contributed by atoms with Gasteiger partial charge in [0.05, 0.1) is 12.9 Å². The van der Waals surface area contributed by atoms with E-state index in [0.717, 1.165) is 6.61 Å². The molecule has 0 heterocycles. The lowest BCUT2D eigenvalue weighted by atomic mass is 10.1. The molecule has 0 aromatic carbocycles. The number of ether oxygens (including phenoxy) is 1. The first-order chi connectivity index (χ1) is 10.9. The molecule has 0 rings (SSSR count). The standard InChI is InChI=1S/C21H42O/c1-3-5-7-9-11-12-13-14-15-17-19-21-22-20-18-16-10-8-6-4-2/h19,21H,3-18,20H2,1-2H3. The van der Waals surface area contributed by atoms with Crippen molar-refractivity contribution in [1.82, 2.24) is 0 Å². The van der Waals surface area contributed by atoms with Crippen LogP contribution in [0.2, 0.25) is 0 Å². The number of hydrogen-bond acceptors (Lipinski definition) is 1. The SMILES string of the molecule is CCCCCCCCCCCC=COCCCCCCCC. The molecule has 22 heavy (non-hydrogen) atoms. The average molecular weight is 311 g/mol. The van der Waals surface area contributed by atoms with Gasteiger partial charge in [0.1, 0.15) is 0 Å². The maximum atomic E-state index is 5.54. The first-order valence-corrected chi connectivity index (χ1v) is 10.2.